The lowest BCUT2D eigenvalue weighted by molar-refractivity contribution is -0.138. The summed E-state index contributed by atoms with van der Waals surface area (Å²) in [5, 5.41) is 17.9. The lowest BCUT2D eigenvalue weighted by Gasteiger charge is -2.10. The van der Waals surface area contributed by atoms with Gasteiger partial charge in [-0.2, -0.15) is 0 Å². The Balaban J connectivity index is 2.49. The maximum Gasteiger partial charge on any atom is 0.333 e. The van der Waals surface area contributed by atoms with Crippen molar-refractivity contribution in [2.45, 2.75) is 13.1 Å². The summed E-state index contributed by atoms with van der Waals surface area (Å²) < 4.78 is 1.15. The predicted molar refractivity (Wildman–Crippen MR) is 80.8 cm³/mol. The molecule has 0 spiro atoms. The summed E-state index contributed by atoms with van der Waals surface area (Å²) in [6.45, 7) is -1.68. The summed E-state index contributed by atoms with van der Waals surface area (Å²) in [6.07, 6.45) is 0. The van der Waals surface area contributed by atoms with Crippen molar-refractivity contribution >= 4 is 34.1 Å². The van der Waals surface area contributed by atoms with E-state index in [4.69, 9.17) is 10.2 Å². The van der Waals surface area contributed by atoms with E-state index in [-0.39, 0.29) is 11.2 Å². The first kappa shape index (κ1) is 15.3. The summed E-state index contributed by atoms with van der Waals surface area (Å²) in [5.74, 6) is -2.75. The molecule has 0 bridgehead atoms. The highest BCUT2D eigenvalue weighted by molar-refractivity contribution is 5.84. The van der Waals surface area contributed by atoms with Crippen molar-refractivity contribution in [2.75, 3.05) is 0 Å². The molecule has 0 unspecified atom stereocenters. The van der Waals surface area contributed by atoms with E-state index in [1.54, 1.807) is 24.3 Å². The van der Waals surface area contributed by atoms with Crippen LogP contribution >= 0.6 is 0 Å². The van der Waals surface area contributed by atoms with E-state index in [2.05, 4.69) is 9.97 Å². The zero-order valence-corrected chi connectivity index (χ0v) is 12.0. The number of aromatic nitrogens is 4. The molecular weight excluding hydrogens is 320 g/mol. The van der Waals surface area contributed by atoms with Crippen LogP contribution < -0.4 is 11.2 Å². The molecule has 0 saturated heterocycles. The van der Waals surface area contributed by atoms with E-state index in [1.807, 2.05) is 0 Å². The molecule has 3 rings (SSSR count). The smallest absolute Gasteiger partial charge is 0.333 e. The SMILES string of the molecule is O=C(O)Cn1c(=O)c2nc3ccccc3nc2n(CC(=O)O)c1=O. The van der Waals surface area contributed by atoms with Gasteiger partial charge in [0.2, 0.25) is 0 Å². The van der Waals surface area contributed by atoms with Crippen molar-refractivity contribution < 1.29 is 19.8 Å². The molecule has 10 heteroatoms. The van der Waals surface area contributed by atoms with Gasteiger partial charge in [0.05, 0.1) is 11.0 Å². The highest BCUT2D eigenvalue weighted by atomic mass is 16.4. The van der Waals surface area contributed by atoms with Gasteiger partial charge < -0.3 is 10.2 Å². The topological polar surface area (TPSA) is 144 Å². The molecule has 0 fully saturated rings. The lowest BCUT2D eigenvalue weighted by atomic mass is 10.3. The van der Waals surface area contributed by atoms with Gasteiger partial charge in [-0.3, -0.25) is 19.0 Å². The molecule has 24 heavy (non-hydrogen) atoms. The molecular formula is C14H10N4O6. The molecule has 0 atom stereocenters. The molecule has 0 radical (unpaired) electrons. The Kier molecular flexibility index (Phi) is 3.56. The van der Waals surface area contributed by atoms with Gasteiger partial charge in [-0.15, -0.1) is 0 Å². The average Bonchev–Trinajstić information content (AvgIpc) is 2.53. The third kappa shape index (κ3) is 2.49. The van der Waals surface area contributed by atoms with Crippen LogP contribution in [-0.4, -0.2) is 41.3 Å². The van der Waals surface area contributed by atoms with E-state index >= 15 is 0 Å². The third-order valence-electron chi connectivity index (χ3n) is 3.30. The van der Waals surface area contributed by atoms with Crippen LogP contribution in [-0.2, 0) is 22.7 Å². The van der Waals surface area contributed by atoms with Crippen molar-refractivity contribution in [3.8, 4) is 0 Å². The Labute approximate surface area is 132 Å². The van der Waals surface area contributed by atoms with Gasteiger partial charge in [-0.25, -0.2) is 19.3 Å². The number of hydrogen-bond donors (Lipinski definition) is 2. The average molecular weight is 330 g/mol. The number of carboxylic acid groups (broad SMARTS) is 2. The highest BCUT2D eigenvalue weighted by Gasteiger charge is 2.19. The summed E-state index contributed by atoms with van der Waals surface area (Å²) in [7, 11) is 0. The molecule has 122 valence electrons. The first-order chi connectivity index (χ1) is 11.4. The van der Waals surface area contributed by atoms with Gasteiger partial charge in [-0.1, -0.05) is 12.1 Å². The van der Waals surface area contributed by atoms with E-state index in [0.29, 0.717) is 15.6 Å². The zero-order chi connectivity index (χ0) is 17.4. The molecule has 0 aliphatic heterocycles. The van der Waals surface area contributed by atoms with Crippen molar-refractivity contribution in [3.63, 3.8) is 0 Å². The van der Waals surface area contributed by atoms with Crippen molar-refractivity contribution in [2.24, 2.45) is 0 Å². The number of rotatable bonds is 4. The molecule has 0 aliphatic rings. The number of nitrogens with zero attached hydrogens (tertiary/aromatic N) is 4. The molecule has 0 amide bonds. The fraction of sp³-hybridized carbons (Fsp3) is 0.143. The largest absolute Gasteiger partial charge is 0.480 e. The molecule has 10 nitrogen and oxygen atoms in total. The number of para-hydroxylation sites is 2. The summed E-state index contributed by atoms with van der Waals surface area (Å²) in [6, 6.07) is 6.54. The zero-order valence-electron chi connectivity index (χ0n) is 12.0. The number of fused-ring (bicyclic) bond motifs is 2. The number of hydrogen-bond acceptors (Lipinski definition) is 6. The van der Waals surface area contributed by atoms with Crippen LogP contribution in [0.4, 0.5) is 0 Å². The minimum absolute atomic E-state index is 0.201. The molecule has 0 saturated carbocycles. The van der Waals surface area contributed by atoms with Gasteiger partial charge in [0.25, 0.3) is 5.56 Å². The van der Waals surface area contributed by atoms with Crippen molar-refractivity contribution in [3.05, 3.63) is 45.1 Å². The minimum Gasteiger partial charge on any atom is -0.480 e. The van der Waals surface area contributed by atoms with Gasteiger partial charge in [0.1, 0.15) is 13.1 Å². The Morgan fingerprint density at radius 2 is 1.46 bits per heavy atom. The summed E-state index contributed by atoms with van der Waals surface area (Å²) in [5.41, 5.74) is -1.73. The van der Waals surface area contributed by atoms with E-state index in [9.17, 15) is 19.2 Å². The molecule has 3 aromatic rings. The van der Waals surface area contributed by atoms with Crippen molar-refractivity contribution in [1.29, 1.82) is 0 Å². The molecule has 0 aliphatic carbocycles. The first-order valence-corrected chi connectivity index (χ1v) is 6.72. The number of carbonyl (C=O) groups is 2. The van der Waals surface area contributed by atoms with Gasteiger partial charge in [0, 0.05) is 0 Å². The second-order valence-corrected chi connectivity index (χ2v) is 4.93. The third-order valence-corrected chi connectivity index (χ3v) is 3.30. The van der Waals surface area contributed by atoms with Crippen LogP contribution in [0.3, 0.4) is 0 Å². The molecule has 1 aromatic carbocycles. The standard InChI is InChI=1S/C14H10N4O6/c19-9(20)5-17-12-11(13(23)18(14(17)24)6-10(21)22)15-7-3-1-2-4-8(7)16-12/h1-4H,5-6H2,(H,19,20)(H,21,22). The Bertz CT molecular complexity index is 1110. The Morgan fingerprint density at radius 3 is 2.04 bits per heavy atom. The van der Waals surface area contributed by atoms with Gasteiger partial charge in [-0.05, 0) is 12.1 Å². The molecule has 2 heterocycles. The minimum atomic E-state index is -1.41. The maximum absolute atomic E-state index is 12.4. The number of carboxylic acids is 2. The Morgan fingerprint density at radius 1 is 0.917 bits per heavy atom. The van der Waals surface area contributed by atoms with E-state index in [1.165, 1.54) is 0 Å². The van der Waals surface area contributed by atoms with Crippen molar-refractivity contribution in [1.82, 2.24) is 19.1 Å². The molecule has 2 aromatic heterocycles. The fourth-order valence-electron chi connectivity index (χ4n) is 2.33. The van der Waals surface area contributed by atoms with E-state index in [0.717, 1.165) is 4.57 Å². The monoisotopic (exact) mass is 330 g/mol. The predicted octanol–water partition coefficient (Wildman–Crippen LogP) is -0.724. The molecule has 2 N–H and O–H groups in total. The first-order valence-electron chi connectivity index (χ1n) is 6.72. The van der Waals surface area contributed by atoms with Gasteiger partial charge in [0.15, 0.2) is 11.2 Å². The highest BCUT2D eigenvalue weighted by Crippen LogP contribution is 2.12. The van der Waals surface area contributed by atoms with Crippen LogP contribution in [0.15, 0.2) is 33.9 Å². The van der Waals surface area contributed by atoms with Crippen LogP contribution in [0.25, 0.3) is 22.2 Å². The second kappa shape index (κ2) is 5.57. The maximum atomic E-state index is 12.4. The quantitative estimate of drug-likeness (QED) is 0.596. The van der Waals surface area contributed by atoms with Crippen LogP contribution in [0.2, 0.25) is 0 Å². The fourth-order valence-corrected chi connectivity index (χ4v) is 2.33. The summed E-state index contributed by atoms with van der Waals surface area (Å²) >= 11 is 0. The van der Waals surface area contributed by atoms with E-state index < -0.39 is 36.3 Å². The second-order valence-electron chi connectivity index (χ2n) is 4.93. The van der Waals surface area contributed by atoms with Gasteiger partial charge >= 0.3 is 17.6 Å². The lowest BCUT2D eigenvalue weighted by Crippen LogP contribution is -2.43. The normalized spacial score (nSPS) is 11.0. The number of benzene rings is 1. The summed E-state index contributed by atoms with van der Waals surface area (Å²) in [4.78, 5) is 54.9. The van der Waals surface area contributed by atoms with Crippen LogP contribution in [0.1, 0.15) is 0 Å². The Hall–Kier alpha value is -3.56. The van der Waals surface area contributed by atoms with Crippen LogP contribution in [0.5, 0.6) is 0 Å². The number of aliphatic carboxylic acids is 2. The van der Waals surface area contributed by atoms with Crippen LogP contribution in [0, 0.1) is 0 Å².